The highest BCUT2D eigenvalue weighted by Gasteiger charge is 2.08. The Hall–Kier alpha value is -1.45. The lowest BCUT2D eigenvalue weighted by Crippen LogP contribution is -1.86. The molecule has 88 valence electrons. The van der Waals surface area contributed by atoms with Gasteiger partial charge in [0.25, 0.3) is 0 Å². The molecular weight excluding hydrogens is 232 g/mol. The van der Waals surface area contributed by atoms with Crippen LogP contribution in [0.15, 0.2) is 52.3 Å². The van der Waals surface area contributed by atoms with Gasteiger partial charge in [-0.3, -0.25) is 0 Å². The second-order valence-corrected chi connectivity index (χ2v) is 4.87. The zero-order valence-corrected chi connectivity index (χ0v) is 10.4. The summed E-state index contributed by atoms with van der Waals surface area (Å²) in [6, 6.07) is 13.4. The minimum atomic E-state index is -0.145. The molecule has 0 aromatic heterocycles. The number of hydrogen-bond acceptors (Lipinski definition) is 3. The van der Waals surface area contributed by atoms with E-state index in [1.807, 2.05) is 43.3 Å². The molecule has 0 spiro atoms. The molecule has 2 aromatic rings. The Morgan fingerprint density at radius 3 is 2.41 bits per heavy atom. The summed E-state index contributed by atoms with van der Waals surface area (Å²) in [4.78, 5) is 1.88. The van der Waals surface area contributed by atoms with Gasteiger partial charge in [0.05, 0.1) is 11.5 Å². The van der Waals surface area contributed by atoms with Crippen molar-refractivity contribution in [2.45, 2.75) is 23.3 Å². The summed E-state index contributed by atoms with van der Waals surface area (Å²) in [5.41, 5.74) is 1.73. The Labute approximate surface area is 105 Å². The first-order valence-electron chi connectivity index (χ1n) is 5.37. The van der Waals surface area contributed by atoms with E-state index < -0.39 is 0 Å². The summed E-state index contributed by atoms with van der Waals surface area (Å²) in [5.74, 6) is 0.170. The van der Waals surface area contributed by atoms with Crippen molar-refractivity contribution in [2.24, 2.45) is 0 Å². The summed E-state index contributed by atoms with van der Waals surface area (Å²) in [6.45, 7) is 1.89. The van der Waals surface area contributed by atoms with Crippen molar-refractivity contribution in [1.29, 1.82) is 0 Å². The Morgan fingerprint density at radius 1 is 1.00 bits per heavy atom. The van der Waals surface area contributed by atoms with Crippen molar-refractivity contribution in [2.75, 3.05) is 0 Å². The van der Waals surface area contributed by atoms with Crippen molar-refractivity contribution < 1.29 is 10.2 Å². The van der Waals surface area contributed by atoms with Crippen LogP contribution in [-0.4, -0.2) is 10.2 Å². The second-order valence-electron chi connectivity index (χ2n) is 3.79. The molecule has 0 atom stereocenters. The largest absolute Gasteiger partial charge is 0.506 e. The monoisotopic (exact) mass is 246 g/mol. The fourth-order valence-electron chi connectivity index (χ4n) is 1.57. The van der Waals surface area contributed by atoms with Gasteiger partial charge in [0.15, 0.2) is 0 Å². The van der Waals surface area contributed by atoms with Crippen LogP contribution in [-0.2, 0) is 6.61 Å². The van der Waals surface area contributed by atoms with Gasteiger partial charge in [0.1, 0.15) is 5.75 Å². The van der Waals surface area contributed by atoms with E-state index in [0.29, 0.717) is 5.56 Å². The first-order chi connectivity index (χ1) is 8.22. The Morgan fingerprint density at radius 2 is 1.71 bits per heavy atom. The number of benzene rings is 2. The molecule has 2 rings (SSSR count). The quantitative estimate of drug-likeness (QED) is 0.872. The Bertz CT molecular complexity index is 523. The molecule has 0 radical (unpaired) electrons. The second kappa shape index (κ2) is 5.25. The summed E-state index contributed by atoms with van der Waals surface area (Å²) < 4.78 is 0. The molecule has 0 fully saturated rings. The van der Waals surface area contributed by atoms with Crippen molar-refractivity contribution in [3.05, 3.63) is 53.6 Å². The molecule has 2 nitrogen and oxygen atoms in total. The van der Waals surface area contributed by atoms with E-state index in [1.165, 1.54) is 17.3 Å². The minimum Gasteiger partial charge on any atom is -0.506 e. The molecule has 0 heterocycles. The van der Waals surface area contributed by atoms with Gasteiger partial charge >= 0.3 is 0 Å². The van der Waals surface area contributed by atoms with E-state index in [-0.39, 0.29) is 12.4 Å². The molecule has 2 aromatic carbocycles. The molecule has 0 aliphatic rings. The van der Waals surface area contributed by atoms with E-state index in [2.05, 4.69) is 0 Å². The molecule has 0 saturated carbocycles. The van der Waals surface area contributed by atoms with Crippen LogP contribution in [0.4, 0.5) is 0 Å². The highest BCUT2D eigenvalue weighted by molar-refractivity contribution is 7.99. The highest BCUT2D eigenvalue weighted by atomic mass is 32.2. The average molecular weight is 246 g/mol. The summed E-state index contributed by atoms with van der Waals surface area (Å²) >= 11 is 1.51. The normalized spacial score (nSPS) is 10.5. The molecule has 0 aliphatic heterocycles. The summed E-state index contributed by atoms with van der Waals surface area (Å²) in [5, 5.41) is 19.1. The van der Waals surface area contributed by atoms with Crippen LogP contribution in [0, 0.1) is 6.92 Å². The maximum atomic E-state index is 9.96. The van der Waals surface area contributed by atoms with Crippen molar-refractivity contribution in [3.63, 3.8) is 0 Å². The summed E-state index contributed by atoms with van der Waals surface area (Å²) in [7, 11) is 0. The lowest BCUT2D eigenvalue weighted by atomic mass is 10.2. The van der Waals surface area contributed by atoms with Gasteiger partial charge in [-0.05, 0) is 24.6 Å². The van der Waals surface area contributed by atoms with Gasteiger partial charge in [0.2, 0.25) is 0 Å². The first-order valence-corrected chi connectivity index (χ1v) is 6.19. The molecular formula is C14H14O2S. The molecule has 0 bridgehead atoms. The third-order valence-electron chi connectivity index (χ3n) is 2.57. The third kappa shape index (κ3) is 2.62. The lowest BCUT2D eigenvalue weighted by Gasteiger charge is -2.09. The SMILES string of the molecule is Cc1ccccc1Sc1cccc(CO)c1O. The Balaban J connectivity index is 2.34. The van der Waals surface area contributed by atoms with Crippen molar-refractivity contribution in [1.82, 2.24) is 0 Å². The van der Waals surface area contributed by atoms with E-state index in [1.54, 1.807) is 6.07 Å². The van der Waals surface area contributed by atoms with Crippen LogP contribution in [0.5, 0.6) is 5.75 Å². The zero-order valence-electron chi connectivity index (χ0n) is 9.55. The van der Waals surface area contributed by atoms with Crippen LogP contribution in [0.25, 0.3) is 0 Å². The number of aromatic hydroxyl groups is 1. The number of aliphatic hydroxyl groups is 1. The smallest absolute Gasteiger partial charge is 0.134 e. The van der Waals surface area contributed by atoms with Gasteiger partial charge in [-0.15, -0.1) is 0 Å². The van der Waals surface area contributed by atoms with Crippen LogP contribution in [0.2, 0.25) is 0 Å². The molecule has 0 saturated heterocycles. The highest BCUT2D eigenvalue weighted by Crippen LogP contribution is 2.37. The van der Waals surface area contributed by atoms with Crippen LogP contribution < -0.4 is 0 Å². The number of para-hydroxylation sites is 1. The van der Waals surface area contributed by atoms with Crippen LogP contribution in [0.3, 0.4) is 0 Å². The standard InChI is InChI=1S/C14H14O2S/c1-10-5-2-3-7-12(10)17-13-8-4-6-11(9-15)14(13)16/h2-8,15-16H,9H2,1H3. The predicted molar refractivity (Wildman–Crippen MR) is 69.3 cm³/mol. The predicted octanol–water partition coefficient (Wildman–Crippen LogP) is 3.34. The van der Waals surface area contributed by atoms with E-state index in [4.69, 9.17) is 5.11 Å². The molecule has 2 N–H and O–H groups in total. The Kier molecular flexibility index (Phi) is 3.71. The number of hydrogen-bond donors (Lipinski definition) is 2. The zero-order chi connectivity index (χ0) is 12.3. The number of phenols is 1. The van der Waals surface area contributed by atoms with Gasteiger partial charge in [-0.2, -0.15) is 0 Å². The maximum absolute atomic E-state index is 9.96. The molecule has 0 amide bonds. The van der Waals surface area contributed by atoms with Gasteiger partial charge in [-0.1, -0.05) is 42.1 Å². The summed E-state index contributed by atoms with van der Waals surface area (Å²) in [6.07, 6.45) is 0. The number of aryl methyl sites for hydroxylation is 1. The average Bonchev–Trinajstić information content (AvgIpc) is 2.34. The molecule has 3 heteroatoms. The van der Waals surface area contributed by atoms with Crippen LogP contribution in [0.1, 0.15) is 11.1 Å². The lowest BCUT2D eigenvalue weighted by molar-refractivity contribution is 0.274. The fraction of sp³-hybridized carbons (Fsp3) is 0.143. The topological polar surface area (TPSA) is 40.5 Å². The first kappa shape index (κ1) is 12.0. The van der Waals surface area contributed by atoms with Crippen molar-refractivity contribution >= 4 is 11.8 Å². The third-order valence-corrected chi connectivity index (χ3v) is 3.79. The van der Waals surface area contributed by atoms with Gasteiger partial charge in [0, 0.05) is 10.5 Å². The van der Waals surface area contributed by atoms with E-state index in [9.17, 15) is 5.11 Å². The molecule has 17 heavy (non-hydrogen) atoms. The molecule has 0 unspecified atom stereocenters. The van der Waals surface area contributed by atoms with E-state index in [0.717, 1.165) is 9.79 Å². The van der Waals surface area contributed by atoms with Gasteiger partial charge in [-0.25, -0.2) is 0 Å². The molecule has 0 aliphatic carbocycles. The van der Waals surface area contributed by atoms with Crippen molar-refractivity contribution in [3.8, 4) is 5.75 Å². The van der Waals surface area contributed by atoms with E-state index >= 15 is 0 Å². The maximum Gasteiger partial charge on any atom is 0.134 e. The minimum absolute atomic E-state index is 0.145. The number of rotatable bonds is 3. The number of aliphatic hydroxyl groups excluding tert-OH is 1. The van der Waals surface area contributed by atoms with Gasteiger partial charge < -0.3 is 10.2 Å². The fourth-order valence-corrected chi connectivity index (χ4v) is 2.55. The van der Waals surface area contributed by atoms with Crippen LogP contribution >= 0.6 is 11.8 Å².